The highest BCUT2D eigenvalue weighted by molar-refractivity contribution is 5.12. The zero-order valence-electron chi connectivity index (χ0n) is 8.62. The maximum absolute atomic E-state index is 8.55. The van der Waals surface area contributed by atoms with Crippen LogP contribution in [0.4, 0.5) is 0 Å². The average molecular weight is 179 g/mol. The van der Waals surface area contributed by atoms with Crippen LogP contribution in [0.2, 0.25) is 0 Å². The Morgan fingerprint density at radius 3 is 2.54 bits per heavy atom. The van der Waals surface area contributed by atoms with Gasteiger partial charge in [0.1, 0.15) is 0 Å². The van der Waals surface area contributed by atoms with Gasteiger partial charge < -0.3 is 0 Å². The number of rotatable bonds is 1. The third kappa shape index (κ3) is 1.000. The van der Waals surface area contributed by atoms with Crippen LogP contribution in [-0.4, -0.2) is 5.54 Å². The number of fused-ring (bicyclic) bond motifs is 2. The Hall–Kier alpha value is -0.690. The molecule has 0 amide bonds. The van der Waals surface area contributed by atoms with Crippen LogP contribution in [0, 0.1) is 17.3 Å². The molecule has 0 aromatic carbocycles. The molecule has 3 atom stereocenters. The van der Waals surface area contributed by atoms with Gasteiger partial charge in [0.2, 0.25) is 0 Å². The van der Waals surface area contributed by atoms with Crippen molar-refractivity contribution in [3.8, 4) is 0 Å². The van der Waals surface area contributed by atoms with E-state index in [0.29, 0.717) is 11.3 Å². The first-order chi connectivity index (χ1) is 6.00. The fourth-order valence-corrected chi connectivity index (χ4v) is 3.42. The summed E-state index contributed by atoms with van der Waals surface area (Å²) in [5, 5.41) is 4.01. The van der Waals surface area contributed by atoms with Crippen molar-refractivity contribution in [1.82, 2.24) is 0 Å². The van der Waals surface area contributed by atoms with Crippen LogP contribution in [0.1, 0.15) is 40.0 Å². The number of hydrogen-bond donors (Lipinski definition) is 0. The number of azide groups is 1. The van der Waals surface area contributed by atoms with Gasteiger partial charge in [0.15, 0.2) is 0 Å². The van der Waals surface area contributed by atoms with E-state index in [-0.39, 0.29) is 5.54 Å². The van der Waals surface area contributed by atoms with Crippen LogP contribution < -0.4 is 0 Å². The minimum atomic E-state index is -0.104. The minimum absolute atomic E-state index is 0.104. The summed E-state index contributed by atoms with van der Waals surface area (Å²) in [6, 6.07) is 0. The predicted molar refractivity (Wildman–Crippen MR) is 52.2 cm³/mol. The van der Waals surface area contributed by atoms with Gasteiger partial charge in [-0.15, -0.1) is 0 Å². The van der Waals surface area contributed by atoms with Crippen molar-refractivity contribution in [2.45, 2.75) is 45.6 Å². The van der Waals surface area contributed by atoms with Crippen LogP contribution in [0.25, 0.3) is 10.4 Å². The molecule has 3 aliphatic rings. The van der Waals surface area contributed by atoms with Crippen LogP contribution >= 0.6 is 0 Å². The molecule has 3 unspecified atom stereocenters. The number of nitrogens with zero attached hydrogens (tertiary/aromatic N) is 3. The van der Waals surface area contributed by atoms with Gasteiger partial charge in [0.05, 0.1) is 0 Å². The van der Waals surface area contributed by atoms with Gasteiger partial charge in [-0.25, -0.2) is 0 Å². The molecular formula is C10H17N3. The number of hydrogen-bond acceptors (Lipinski definition) is 1. The maximum atomic E-state index is 8.55. The van der Waals surface area contributed by atoms with E-state index in [2.05, 4.69) is 30.8 Å². The minimum Gasteiger partial charge on any atom is -0.0872 e. The second-order valence-corrected chi connectivity index (χ2v) is 5.39. The largest absolute Gasteiger partial charge is 0.0872 e. The Kier molecular flexibility index (Phi) is 1.65. The summed E-state index contributed by atoms with van der Waals surface area (Å²) in [4.78, 5) is 3.00. The highest BCUT2D eigenvalue weighted by atomic mass is 15.2. The molecule has 3 nitrogen and oxygen atoms in total. The van der Waals surface area contributed by atoms with Crippen molar-refractivity contribution < 1.29 is 0 Å². The average Bonchev–Trinajstić information content (AvgIpc) is 2.03. The van der Waals surface area contributed by atoms with E-state index in [1.54, 1.807) is 0 Å². The van der Waals surface area contributed by atoms with Gasteiger partial charge in [-0.2, -0.15) is 0 Å². The molecule has 0 spiro atoms. The van der Waals surface area contributed by atoms with Crippen LogP contribution in [-0.2, 0) is 0 Å². The third-order valence-corrected chi connectivity index (χ3v) is 4.49. The molecule has 3 rings (SSSR count). The lowest BCUT2D eigenvalue weighted by Crippen LogP contribution is -2.59. The fraction of sp³-hybridized carbons (Fsp3) is 1.00. The monoisotopic (exact) mass is 179 g/mol. The first kappa shape index (κ1) is 8.89. The normalized spacial score (nSPS) is 46.1. The SMILES string of the molecule is CC1(N=[N+]=[N-])CCC2CC1C2(C)C. The molecule has 3 saturated carbocycles. The van der Waals surface area contributed by atoms with Crippen molar-refractivity contribution in [1.29, 1.82) is 0 Å². The summed E-state index contributed by atoms with van der Waals surface area (Å²) in [5.41, 5.74) is 8.85. The zero-order chi connectivity index (χ0) is 9.69. The Labute approximate surface area is 79.1 Å². The molecule has 3 heteroatoms. The van der Waals surface area contributed by atoms with E-state index in [1.165, 1.54) is 12.8 Å². The molecule has 0 radical (unpaired) electrons. The molecule has 2 bridgehead atoms. The molecule has 13 heavy (non-hydrogen) atoms. The maximum Gasteiger partial charge on any atom is 0.0493 e. The summed E-state index contributed by atoms with van der Waals surface area (Å²) in [5.74, 6) is 1.48. The molecule has 0 heterocycles. The molecule has 0 N–H and O–H groups in total. The molecule has 3 aliphatic carbocycles. The third-order valence-electron chi connectivity index (χ3n) is 4.49. The van der Waals surface area contributed by atoms with Crippen molar-refractivity contribution in [3.63, 3.8) is 0 Å². The smallest absolute Gasteiger partial charge is 0.0493 e. The van der Waals surface area contributed by atoms with Crippen LogP contribution in [0.5, 0.6) is 0 Å². The summed E-state index contributed by atoms with van der Waals surface area (Å²) < 4.78 is 0. The van der Waals surface area contributed by atoms with E-state index >= 15 is 0 Å². The highest BCUT2D eigenvalue weighted by Crippen LogP contribution is 2.63. The van der Waals surface area contributed by atoms with Crippen LogP contribution in [0.3, 0.4) is 0 Å². The van der Waals surface area contributed by atoms with E-state index < -0.39 is 0 Å². The predicted octanol–water partition coefficient (Wildman–Crippen LogP) is 3.51. The summed E-state index contributed by atoms with van der Waals surface area (Å²) in [6.45, 7) is 6.75. The Bertz CT molecular complexity index is 276. The van der Waals surface area contributed by atoms with Crippen LogP contribution in [0.15, 0.2) is 5.11 Å². The van der Waals surface area contributed by atoms with Crippen molar-refractivity contribution >= 4 is 0 Å². The molecule has 0 saturated heterocycles. The first-order valence-corrected chi connectivity index (χ1v) is 5.07. The van der Waals surface area contributed by atoms with E-state index in [9.17, 15) is 0 Å². The molecule has 0 aliphatic heterocycles. The molecule has 0 aromatic heterocycles. The van der Waals surface area contributed by atoms with Gasteiger partial charge in [0, 0.05) is 10.5 Å². The summed E-state index contributed by atoms with van der Waals surface area (Å²) >= 11 is 0. The van der Waals surface area contributed by atoms with Gasteiger partial charge in [-0.3, -0.25) is 0 Å². The zero-order valence-corrected chi connectivity index (χ0v) is 8.62. The Morgan fingerprint density at radius 2 is 2.08 bits per heavy atom. The van der Waals surface area contributed by atoms with E-state index in [4.69, 9.17) is 5.53 Å². The van der Waals surface area contributed by atoms with Crippen molar-refractivity contribution in [2.24, 2.45) is 22.4 Å². The van der Waals surface area contributed by atoms with E-state index in [0.717, 1.165) is 12.3 Å². The van der Waals surface area contributed by atoms with E-state index in [1.807, 2.05) is 0 Å². The quantitative estimate of drug-likeness (QED) is 0.336. The lowest BCUT2D eigenvalue weighted by molar-refractivity contribution is -0.111. The fourth-order valence-electron chi connectivity index (χ4n) is 3.42. The highest BCUT2D eigenvalue weighted by Gasteiger charge is 2.58. The molecule has 72 valence electrons. The Morgan fingerprint density at radius 1 is 1.38 bits per heavy atom. The second-order valence-electron chi connectivity index (χ2n) is 5.39. The summed E-state index contributed by atoms with van der Waals surface area (Å²) in [6.07, 6.45) is 3.58. The second kappa shape index (κ2) is 2.42. The van der Waals surface area contributed by atoms with Gasteiger partial charge in [0.25, 0.3) is 0 Å². The molecule has 3 fully saturated rings. The van der Waals surface area contributed by atoms with Crippen molar-refractivity contribution in [3.05, 3.63) is 10.4 Å². The first-order valence-electron chi connectivity index (χ1n) is 5.07. The lowest BCUT2D eigenvalue weighted by Gasteiger charge is -2.63. The van der Waals surface area contributed by atoms with Gasteiger partial charge >= 0.3 is 0 Å². The molecular weight excluding hydrogens is 162 g/mol. The lowest BCUT2D eigenvalue weighted by atomic mass is 9.44. The molecule has 0 aromatic rings. The Balaban J connectivity index is 2.29. The summed E-state index contributed by atoms with van der Waals surface area (Å²) in [7, 11) is 0. The standard InChI is InChI=1S/C10H17N3/c1-9(2)7-4-5-10(3,12-13-11)8(9)6-7/h7-8H,4-6H2,1-3H3. The topological polar surface area (TPSA) is 48.8 Å². The van der Waals surface area contributed by atoms with Crippen molar-refractivity contribution in [2.75, 3.05) is 0 Å². The van der Waals surface area contributed by atoms with Gasteiger partial charge in [-0.1, -0.05) is 25.9 Å². The van der Waals surface area contributed by atoms with Gasteiger partial charge in [-0.05, 0) is 42.0 Å².